The van der Waals surface area contributed by atoms with Gasteiger partial charge in [-0.15, -0.1) is 11.3 Å². The van der Waals surface area contributed by atoms with Crippen LogP contribution in [0.25, 0.3) is 0 Å². The number of carbonyl (C=O) groups is 2. The summed E-state index contributed by atoms with van der Waals surface area (Å²) >= 11 is 1.46. The molecule has 0 radical (unpaired) electrons. The van der Waals surface area contributed by atoms with Crippen molar-refractivity contribution in [2.24, 2.45) is 0 Å². The molecule has 1 amide bonds. The monoisotopic (exact) mass is 241 g/mol. The molecule has 0 aliphatic heterocycles. The van der Waals surface area contributed by atoms with Crippen molar-refractivity contribution in [1.82, 2.24) is 5.32 Å². The van der Waals surface area contributed by atoms with Crippen LogP contribution in [0.2, 0.25) is 0 Å². The summed E-state index contributed by atoms with van der Waals surface area (Å²) in [5, 5.41) is 2.51. The number of nitrogens with one attached hydrogen (secondary N) is 1. The molecule has 16 heavy (non-hydrogen) atoms. The first-order chi connectivity index (χ1) is 7.58. The summed E-state index contributed by atoms with van der Waals surface area (Å²) in [5.41, 5.74) is 1.12. The van der Waals surface area contributed by atoms with Crippen molar-refractivity contribution < 1.29 is 14.3 Å². The first-order valence-electron chi connectivity index (χ1n) is 5.02. The van der Waals surface area contributed by atoms with Gasteiger partial charge in [-0.3, -0.25) is 9.59 Å². The van der Waals surface area contributed by atoms with Gasteiger partial charge in [0, 0.05) is 4.88 Å². The van der Waals surface area contributed by atoms with Gasteiger partial charge in [0.05, 0.1) is 12.0 Å². The second-order valence-corrected chi connectivity index (χ2v) is 4.47. The van der Waals surface area contributed by atoms with E-state index in [1.54, 1.807) is 0 Å². The number of ether oxygens (including phenoxy) is 1. The summed E-state index contributed by atoms with van der Waals surface area (Å²) in [6, 6.07) is 1.84. The van der Waals surface area contributed by atoms with Crippen molar-refractivity contribution in [3.63, 3.8) is 0 Å². The Balaban J connectivity index is 2.62. The number of esters is 1. The first kappa shape index (κ1) is 12.7. The summed E-state index contributed by atoms with van der Waals surface area (Å²) in [6.45, 7) is 3.94. The third-order valence-corrected chi connectivity index (χ3v) is 3.57. The minimum absolute atomic E-state index is 0.0895. The third kappa shape index (κ3) is 3.06. The molecule has 4 nitrogen and oxygen atoms in total. The normalized spacial score (nSPS) is 9.94. The molecule has 0 aliphatic carbocycles. The number of thiophene rings is 1. The predicted molar refractivity (Wildman–Crippen MR) is 62.8 cm³/mol. The number of aryl methyl sites for hydroxylation is 2. The van der Waals surface area contributed by atoms with Crippen molar-refractivity contribution in [2.75, 3.05) is 13.7 Å². The number of amides is 1. The average molecular weight is 241 g/mol. The lowest BCUT2D eigenvalue weighted by Crippen LogP contribution is -2.29. The van der Waals surface area contributed by atoms with Crippen molar-refractivity contribution >= 4 is 23.2 Å². The maximum Gasteiger partial charge on any atom is 0.325 e. The fourth-order valence-electron chi connectivity index (χ4n) is 1.29. The van der Waals surface area contributed by atoms with Crippen molar-refractivity contribution in [3.05, 3.63) is 21.4 Å². The Morgan fingerprint density at radius 3 is 2.69 bits per heavy atom. The quantitative estimate of drug-likeness (QED) is 0.813. The van der Waals surface area contributed by atoms with Gasteiger partial charge in [-0.1, -0.05) is 6.92 Å². The minimum atomic E-state index is -0.447. The number of carbonyl (C=O) groups excluding carboxylic acids is 2. The van der Waals surface area contributed by atoms with Gasteiger partial charge in [-0.2, -0.15) is 0 Å². The van der Waals surface area contributed by atoms with Gasteiger partial charge in [-0.05, 0) is 25.0 Å². The van der Waals surface area contributed by atoms with E-state index < -0.39 is 5.97 Å². The van der Waals surface area contributed by atoms with Gasteiger partial charge in [0.1, 0.15) is 6.54 Å². The van der Waals surface area contributed by atoms with E-state index in [0.29, 0.717) is 4.88 Å². The van der Waals surface area contributed by atoms with Crippen LogP contribution >= 0.6 is 11.3 Å². The molecule has 0 bridgehead atoms. The van der Waals surface area contributed by atoms with Crippen LogP contribution in [-0.4, -0.2) is 25.5 Å². The lowest BCUT2D eigenvalue weighted by molar-refractivity contribution is -0.139. The molecule has 1 aromatic heterocycles. The molecule has 1 heterocycles. The van der Waals surface area contributed by atoms with Gasteiger partial charge in [0.15, 0.2) is 0 Å². The number of rotatable bonds is 4. The fourth-order valence-corrected chi connectivity index (χ4v) is 2.32. The minimum Gasteiger partial charge on any atom is -0.468 e. The molecular weight excluding hydrogens is 226 g/mol. The summed E-state index contributed by atoms with van der Waals surface area (Å²) in [4.78, 5) is 24.3. The summed E-state index contributed by atoms with van der Waals surface area (Å²) in [5.74, 6) is -0.671. The van der Waals surface area contributed by atoms with Crippen LogP contribution < -0.4 is 5.32 Å². The van der Waals surface area contributed by atoms with Crippen LogP contribution in [0.15, 0.2) is 6.07 Å². The van der Waals surface area contributed by atoms with E-state index >= 15 is 0 Å². The number of hydrogen-bond donors (Lipinski definition) is 1. The van der Waals surface area contributed by atoms with Crippen LogP contribution in [-0.2, 0) is 16.0 Å². The predicted octanol–water partition coefficient (Wildman–Crippen LogP) is 1.52. The molecule has 1 aromatic rings. The van der Waals surface area contributed by atoms with E-state index in [9.17, 15) is 9.59 Å². The Morgan fingerprint density at radius 1 is 1.50 bits per heavy atom. The van der Waals surface area contributed by atoms with E-state index in [0.717, 1.165) is 12.0 Å². The molecule has 0 spiro atoms. The van der Waals surface area contributed by atoms with Crippen LogP contribution in [0.3, 0.4) is 0 Å². The zero-order valence-corrected chi connectivity index (χ0v) is 10.4. The zero-order chi connectivity index (χ0) is 12.1. The van der Waals surface area contributed by atoms with Crippen molar-refractivity contribution in [3.8, 4) is 0 Å². The molecule has 0 fully saturated rings. The van der Waals surface area contributed by atoms with E-state index in [1.807, 2.05) is 13.0 Å². The molecule has 0 saturated heterocycles. The van der Waals surface area contributed by atoms with Gasteiger partial charge in [-0.25, -0.2) is 0 Å². The second kappa shape index (κ2) is 5.65. The van der Waals surface area contributed by atoms with E-state index in [4.69, 9.17) is 0 Å². The van der Waals surface area contributed by atoms with Crippen molar-refractivity contribution in [2.45, 2.75) is 20.3 Å². The summed E-state index contributed by atoms with van der Waals surface area (Å²) in [6.07, 6.45) is 0.917. The molecule has 0 atom stereocenters. The zero-order valence-electron chi connectivity index (χ0n) is 9.62. The van der Waals surface area contributed by atoms with Crippen LogP contribution in [0, 0.1) is 6.92 Å². The molecule has 0 aromatic carbocycles. The molecule has 1 N–H and O–H groups in total. The van der Waals surface area contributed by atoms with Crippen LogP contribution in [0.4, 0.5) is 0 Å². The number of methoxy groups -OCH3 is 1. The van der Waals surface area contributed by atoms with Gasteiger partial charge >= 0.3 is 5.97 Å². The molecule has 0 saturated carbocycles. The Labute approximate surface area is 98.6 Å². The molecule has 1 rings (SSSR count). The topological polar surface area (TPSA) is 55.4 Å². The maximum atomic E-state index is 11.6. The average Bonchev–Trinajstić information content (AvgIpc) is 2.66. The molecular formula is C11H15NO3S. The highest BCUT2D eigenvalue weighted by molar-refractivity contribution is 7.14. The Bertz CT molecular complexity index is 398. The summed E-state index contributed by atoms with van der Waals surface area (Å²) in [7, 11) is 1.29. The lowest BCUT2D eigenvalue weighted by atomic mass is 10.2. The smallest absolute Gasteiger partial charge is 0.325 e. The highest BCUT2D eigenvalue weighted by atomic mass is 32.1. The maximum absolute atomic E-state index is 11.6. The summed E-state index contributed by atoms with van der Waals surface area (Å²) < 4.78 is 4.44. The third-order valence-electron chi connectivity index (χ3n) is 2.19. The van der Waals surface area contributed by atoms with E-state index in [1.165, 1.54) is 23.3 Å². The Kier molecular flexibility index (Phi) is 4.49. The van der Waals surface area contributed by atoms with Crippen LogP contribution in [0.1, 0.15) is 27.0 Å². The highest BCUT2D eigenvalue weighted by Crippen LogP contribution is 2.21. The fraction of sp³-hybridized carbons (Fsp3) is 0.455. The second-order valence-electron chi connectivity index (χ2n) is 3.33. The highest BCUT2D eigenvalue weighted by Gasteiger charge is 2.12. The molecule has 0 aliphatic rings. The Hall–Kier alpha value is -1.36. The molecule has 88 valence electrons. The van der Waals surface area contributed by atoms with Gasteiger partial charge in [0.25, 0.3) is 5.91 Å². The van der Waals surface area contributed by atoms with Gasteiger partial charge in [0.2, 0.25) is 0 Å². The lowest BCUT2D eigenvalue weighted by Gasteiger charge is -2.00. The standard InChI is InChI=1S/C11H15NO3S/c1-4-8-7(2)5-9(16-8)11(14)12-6-10(13)15-3/h5H,4,6H2,1-3H3,(H,12,14). The Morgan fingerprint density at radius 2 is 2.19 bits per heavy atom. The largest absolute Gasteiger partial charge is 0.468 e. The molecule has 5 heteroatoms. The van der Waals surface area contributed by atoms with Gasteiger partial charge < -0.3 is 10.1 Å². The van der Waals surface area contributed by atoms with E-state index in [2.05, 4.69) is 17.0 Å². The number of hydrogen-bond acceptors (Lipinski definition) is 4. The first-order valence-corrected chi connectivity index (χ1v) is 5.84. The van der Waals surface area contributed by atoms with Crippen LogP contribution in [0.5, 0.6) is 0 Å². The van der Waals surface area contributed by atoms with Crippen molar-refractivity contribution in [1.29, 1.82) is 0 Å². The SMILES string of the molecule is CCc1sc(C(=O)NCC(=O)OC)cc1C. The van der Waals surface area contributed by atoms with E-state index in [-0.39, 0.29) is 12.5 Å². The molecule has 0 unspecified atom stereocenters.